The molecule has 2 rings (SSSR count). The molecule has 0 heterocycles. The average Bonchev–Trinajstić information content (AvgIpc) is 2.23. The van der Waals surface area contributed by atoms with Gasteiger partial charge in [0.15, 0.2) is 0 Å². The minimum atomic E-state index is 0.860. The lowest BCUT2D eigenvalue weighted by atomic mass is 9.97. The van der Waals surface area contributed by atoms with Gasteiger partial charge in [0.1, 0.15) is 0 Å². The minimum absolute atomic E-state index is 0.860. The predicted octanol–water partition coefficient (Wildman–Crippen LogP) is 2.92. The minimum Gasteiger partial charge on any atom is -0.0840 e. The molecule has 2 aromatic rings. The van der Waals surface area contributed by atoms with E-state index in [1.165, 1.54) is 33.0 Å². The first-order valence-electron chi connectivity index (χ1n) is 5.83. The number of halogens is 1. The van der Waals surface area contributed by atoms with Gasteiger partial charge in [-0.2, -0.15) is 0 Å². The molecule has 0 saturated carbocycles. The molecule has 0 amide bonds. The molecule has 0 saturated heterocycles. The standard InChI is InChI=1S/C15H17ClSi/c1-9-6-10(2)8-12(7-9)15-11(3)13(16)4-5-14(15)17/h4-8H,1-3,17H3. The number of aryl methyl sites for hydroxylation is 2. The molecule has 0 aromatic heterocycles. The summed E-state index contributed by atoms with van der Waals surface area (Å²) in [5.74, 6) is 0. The first kappa shape index (κ1) is 12.4. The van der Waals surface area contributed by atoms with Crippen molar-refractivity contribution >= 4 is 27.0 Å². The van der Waals surface area contributed by atoms with Gasteiger partial charge in [0.25, 0.3) is 0 Å². The van der Waals surface area contributed by atoms with Gasteiger partial charge in [0.2, 0.25) is 0 Å². The van der Waals surface area contributed by atoms with Gasteiger partial charge in [0.05, 0.1) is 0 Å². The third-order valence-corrected chi connectivity index (χ3v) is 4.36. The van der Waals surface area contributed by atoms with Crippen molar-refractivity contribution in [2.45, 2.75) is 20.8 Å². The molecule has 0 bridgehead atoms. The van der Waals surface area contributed by atoms with Gasteiger partial charge >= 0.3 is 0 Å². The Morgan fingerprint density at radius 1 is 0.941 bits per heavy atom. The number of benzene rings is 2. The second-order valence-corrected chi connectivity index (χ2v) is 6.23. The van der Waals surface area contributed by atoms with Crippen molar-refractivity contribution in [2.24, 2.45) is 0 Å². The topological polar surface area (TPSA) is 0 Å². The van der Waals surface area contributed by atoms with Gasteiger partial charge in [-0.15, -0.1) is 0 Å². The smallest absolute Gasteiger partial charge is 0.0441 e. The van der Waals surface area contributed by atoms with Crippen LogP contribution in [0.1, 0.15) is 16.7 Å². The van der Waals surface area contributed by atoms with E-state index >= 15 is 0 Å². The highest BCUT2D eigenvalue weighted by Crippen LogP contribution is 2.27. The van der Waals surface area contributed by atoms with Gasteiger partial charge in [0, 0.05) is 15.3 Å². The zero-order valence-electron chi connectivity index (χ0n) is 10.8. The Bertz CT molecular complexity index is 553. The summed E-state index contributed by atoms with van der Waals surface area (Å²) < 4.78 is 0. The lowest BCUT2D eigenvalue weighted by Crippen LogP contribution is -2.08. The zero-order valence-corrected chi connectivity index (χ0v) is 13.5. The fraction of sp³-hybridized carbons (Fsp3) is 0.200. The summed E-state index contributed by atoms with van der Waals surface area (Å²) >= 11 is 6.23. The monoisotopic (exact) mass is 260 g/mol. The lowest BCUT2D eigenvalue weighted by molar-refractivity contribution is 1.37. The van der Waals surface area contributed by atoms with E-state index in [1.807, 2.05) is 6.07 Å². The van der Waals surface area contributed by atoms with Gasteiger partial charge in [-0.3, -0.25) is 0 Å². The summed E-state index contributed by atoms with van der Waals surface area (Å²) in [5, 5.41) is 2.27. The van der Waals surface area contributed by atoms with Gasteiger partial charge in [-0.25, -0.2) is 0 Å². The summed E-state index contributed by atoms with van der Waals surface area (Å²) in [4.78, 5) is 0. The number of hydrogen-bond acceptors (Lipinski definition) is 0. The van der Waals surface area contributed by atoms with E-state index in [0.29, 0.717) is 0 Å². The molecule has 0 N–H and O–H groups in total. The van der Waals surface area contributed by atoms with Crippen LogP contribution in [-0.4, -0.2) is 10.2 Å². The molecular formula is C15H17ClSi. The fourth-order valence-electron chi connectivity index (χ4n) is 2.38. The van der Waals surface area contributed by atoms with Crippen molar-refractivity contribution in [3.63, 3.8) is 0 Å². The molecule has 0 spiro atoms. The third kappa shape index (κ3) is 2.45. The van der Waals surface area contributed by atoms with Crippen molar-refractivity contribution in [3.8, 4) is 11.1 Å². The highest BCUT2D eigenvalue weighted by atomic mass is 35.5. The Morgan fingerprint density at radius 2 is 1.53 bits per heavy atom. The molecule has 2 aromatic carbocycles. The van der Waals surface area contributed by atoms with Crippen molar-refractivity contribution in [3.05, 3.63) is 52.0 Å². The highest BCUT2D eigenvalue weighted by Gasteiger charge is 2.09. The molecule has 0 fully saturated rings. The van der Waals surface area contributed by atoms with Gasteiger partial charge in [-0.1, -0.05) is 52.2 Å². The van der Waals surface area contributed by atoms with Crippen LogP contribution in [-0.2, 0) is 0 Å². The average molecular weight is 261 g/mol. The Morgan fingerprint density at radius 3 is 2.12 bits per heavy atom. The van der Waals surface area contributed by atoms with Crippen LogP contribution in [0.2, 0.25) is 5.02 Å². The molecular weight excluding hydrogens is 244 g/mol. The van der Waals surface area contributed by atoms with E-state index in [9.17, 15) is 0 Å². The molecule has 0 atom stereocenters. The third-order valence-electron chi connectivity index (χ3n) is 3.12. The summed E-state index contributed by atoms with van der Waals surface area (Å²) in [7, 11) is 1.04. The largest absolute Gasteiger partial charge is 0.0840 e. The Kier molecular flexibility index (Phi) is 3.41. The Hall–Kier alpha value is -1.05. The van der Waals surface area contributed by atoms with Crippen LogP contribution in [0.4, 0.5) is 0 Å². The lowest BCUT2D eigenvalue weighted by Gasteiger charge is -2.13. The van der Waals surface area contributed by atoms with Crippen LogP contribution in [0.3, 0.4) is 0 Å². The Balaban J connectivity index is 2.72. The molecule has 0 radical (unpaired) electrons. The van der Waals surface area contributed by atoms with Crippen LogP contribution >= 0.6 is 11.6 Å². The molecule has 0 aliphatic carbocycles. The second kappa shape index (κ2) is 4.67. The van der Waals surface area contributed by atoms with Gasteiger partial charge in [-0.05, 0) is 43.5 Å². The maximum Gasteiger partial charge on any atom is 0.0441 e. The van der Waals surface area contributed by atoms with Crippen molar-refractivity contribution in [2.75, 3.05) is 0 Å². The normalized spacial score (nSPS) is 10.8. The highest BCUT2D eigenvalue weighted by molar-refractivity contribution is 6.38. The van der Waals surface area contributed by atoms with E-state index in [1.54, 1.807) is 0 Å². The van der Waals surface area contributed by atoms with E-state index in [2.05, 4.69) is 45.0 Å². The molecule has 0 nitrogen and oxygen atoms in total. The van der Waals surface area contributed by atoms with Crippen LogP contribution in [0.15, 0.2) is 30.3 Å². The maximum absolute atomic E-state index is 6.23. The molecule has 0 aliphatic rings. The summed E-state index contributed by atoms with van der Waals surface area (Å²) in [6.07, 6.45) is 0. The molecule has 17 heavy (non-hydrogen) atoms. The number of rotatable bonds is 1. The Labute approximate surface area is 111 Å². The number of hydrogen-bond donors (Lipinski definition) is 0. The SMILES string of the molecule is Cc1cc(C)cc(-c2c([SiH3])ccc(Cl)c2C)c1. The first-order valence-corrected chi connectivity index (χ1v) is 7.21. The quantitative estimate of drug-likeness (QED) is 0.692. The molecule has 2 heteroatoms. The van der Waals surface area contributed by atoms with Gasteiger partial charge < -0.3 is 0 Å². The van der Waals surface area contributed by atoms with Crippen molar-refractivity contribution in [1.29, 1.82) is 0 Å². The van der Waals surface area contributed by atoms with E-state index in [4.69, 9.17) is 11.6 Å². The first-order chi connectivity index (χ1) is 7.99. The van der Waals surface area contributed by atoms with E-state index < -0.39 is 0 Å². The fourth-order valence-corrected chi connectivity index (χ4v) is 3.37. The predicted molar refractivity (Wildman–Crippen MR) is 80.7 cm³/mol. The summed E-state index contributed by atoms with van der Waals surface area (Å²) in [6, 6.07) is 10.8. The summed E-state index contributed by atoms with van der Waals surface area (Å²) in [5.41, 5.74) is 6.44. The van der Waals surface area contributed by atoms with Crippen molar-refractivity contribution in [1.82, 2.24) is 0 Å². The van der Waals surface area contributed by atoms with E-state index in [-0.39, 0.29) is 0 Å². The van der Waals surface area contributed by atoms with Crippen LogP contribution in [0.5, 0.6) is 0 Å². The zero-order chi connectivity index (χ0) is 12.6. The summed E-state index contributed by atoms with van der Waals surface area (Å²) in [6.45, 7) is 6.39. The van der Waals surface area contributed by atoms with E-state index in [0.717, 1.165) is 15.3 Å². The molecule has 88 valence electrons. The second-order valence-electron chi connectivity index (χ2n) is 4.74. The van der Waals surface area contributed by atoms with Crippen molar-refractivity contribution < 1.29 is 0 Å². The molecule has 0 unspecified atom stereocenters. The van der Waals surface area contributed by atoms with Crippen LogP contribution in [0, 0.1) is 20.8 Å². The molecule has 0 aliphatic heterocycles. The van der Waals surface area contributed by atoms with Crippen LogP contribution in [0.25, 0.3) is 11.1 Å². The van der Waals surface area contributed by atoms with Crippen LogP contribution < -0.4 is 5.19 Å². The maximum atomic E-state index is 6.23.